The van der Waals surface area contributed by atoms with Gasteiger partial charge in [-0.2, -0.15) is 4.79 Å². The second-order valence-electron chi connectivity index (χ2n) is 4.72. The minimum atomic E-state index is -0.274. The highest BCUT2D eigenvalue weighted by Crippen LogP contribution is 2.40. The molecule has 0 atom stereocenters. The normalized spacial score (nSPS) is 9.71. The molecule has 1 amide bonds. The van der Waals surface area contributed by atoms with Crippen LogP contribution < -0.4 is 20.5 Å². The van der Waals surface area contributed by atoms with Crippen LogP contribution >= 0.6 is 0 Å². The summed E-state index contributed by atoms with van der Waals surface area (Å²) >= 11 is 0. The number of carbonyl (C=O) groups excluding carboxylic acids is 1. The maximum Gasteiger partial charge on any atom is 0.294 e. The first-order valence-corrected chi connectivity index (χ1v) is 7.37. The molecule has 2 aromatic carbocycles. The van der Waals surface area contributed by atoms with E-state index in [0.29, 0.717) is 29.3 Å². The van der Waals surface area contributed by atoms with Crippen LogP contribution in [0.1, 0.15) is 17.3 Å². The lowest BCUT2D eigenvalue weighted by Gasteiger charge is -2.17. The van der Waals surface area contributed by atoms with Crippen LogP contribution in [0.2, 0.25) is 0 Å². The van der Waals surface area contributed by atoms with E-state index in [4.69, 9.17) is 20.7 Å². The van der Waals surface area contributed by atoms with Crippen LogP contribution in [-0.4, -0.2) is 30.1 Å². The van der Waals surface area contributed by atoms with E-state index in [9.17, 15) is 4.79 Å². The van der Waals surface area contributed by atoms with Crippen LogP contribution in [-0.2, 0) is 0 Å². The van der Waals surface area contributed by atoms with Gasteiger partial charge in [0.2, 0.25) is 0 Å². The largest absolute Gasteiger partial charge is 0.488 e. The third kappa shape index (κ3) is 4.12. The number of carbonyl (C=O) groups is 1. The van der Waals surface area contributed by atoms with Crippen molar-refractivity contribution in [1.29, 1.82) is 0 Å². The van der Waals surface area contributed by atoms with E-state index in [0.717, 1.165) is 0 Å². The Hall–Kier alpha value is -3.31. The van der Waals surface area contributed by atoms with E-state index in [2.05, 4.69) is 10.1 Å². The average molecular weight is 326 g/mol. The molecule has 7 nitrogen and oxygen atoms in total. The van der Waals surface area contributed by atoms with Gasteiger partial charge in [-0.25, -0.2) is 0 Å². The predicted octanol–water partition coefficient (Wildman–Crippen LogP) is 2.60. The number of ether oxygens (including phenoxy) is 2. The van der Waals surface area contributed by atoms with Crippen LogP contribution in [0.5, 0.6) is 11.5 Å². The molecule has 0 aliphatic rings. The second kappa shape index (κ2) is 8.36. The summed E-state index contributed by atoms with van der Waals surface area (Å²) in [5.41, 5.74) is 15.7. The van der Waals surface area contributed by atoms with Crippen molar-refractivity contribution in [3.8, 4) is 11.5 Å². The number of anilines is 2. The van der Waals surface area contributed by atoms with Crippen molar-refractivity contribution in [3.63, 3.8) is 0 Å². The van der Waals surface area contributed by atoms with Crippen molar-refractivity contribution < 1.29 is 19.1 Å². The van der Waals surface area contributed by atoms with Crippen LogP contribution in [0.4, 0.5) is 11.4 Å². The Bertz CT molecular complexity index is 756. The average Bonchev–Trinajstić information content (AvgIpc) is 2.60. The Labute approximate surface area is 139 Å². The van der Waals surface area contributed by atoms with Crippen LogP contribution in [0.3, 0.4) is 0 Å². The molecule has 7 heteroatoms. The lowest BCUT2D eigenvalue weighted by atomic mass is 10.2. The van der Waals surface area contributed by atoms with Gasteiger partial charge in [0.05, 0.1) is 18.0 Å². The molecule has 3 N–H and O–H groups in total. The number of amides is 1. The summed E-state index contributed by atoms with van der Waals surface area (Å²) in [6.45, 7) is 2.18. The van der Waals surface area contributed by atoms with Gasteiger partial charge in [-0.3, -0.25) is 4.79 Å². The lowest BCUT2D eigenvalue weighted by Crippen LogP contribution is -2.14. The van der Waals surface area contributed by atoms with Gasteiger partial charge < -0.3 is 26.1 Å². The Kier molecular flexibility index (Phi) is 5.94. The molecule has 2 aromatic rings. The molecule has 0 fully saturated rings. The number of rotatable bonds is 7. The minimum Gasteiger partial charge on any atom is -0.488 e. The Morgan fingerprint density at radius 2 is 1.96 bits per heavy atom. The molecule has 0 heterocycles. The van der Waals surface area contributed by atoms with Crippen molar-refractivity contribution in [2.24, 2.45) is 0 Å². The maximum atomic E-state index is 12.3. The van der Waals surface area contributed by atoms with Crippen molar-refractivity contribution in [2.75, 3.05) is 24.3 Å². The number of nitrogens with two attached hydrogens (primary N) is 1. The molecular formula is C17H18N4O3. The summed E-state index contributed by atoms with van der Waals surface area (Å²) in [6.07, 6.45) is 1.17. The van der Waals surface area contributed by atoms with Gasteiger partial charge in [0.1, 0.15) is 0 Å². The van der Waals surface area contributed by atoms with Gasteiger partial charge in [-0.05, 0) is 31.2 Å². The summed E-state index contributed by atoms with van der Waals surface area (Å²) in [4.78, 5) is 15.2. The zero-order chi connectivity index (χ0) is 17.4. The van der Waals surface area contributed by atoms with E-state index >= 15 is 0 Å². The fourth-order valence-electron chi connectivity index (χ4n) is 2.05. The third-order valence-corrected chi connectivity index (χ3v) is 3.10. The summed E-state index contributed by atoms with van der Waals surface area (Å²) in [6, 6.07) is 12.1. The molecule has 0 saturated carbocycles. The maximum absolute atomic E-state index is 12.3. The molecule has 124 valence electrons. The van der Waals surface area contributed by atoms with Crippen molar-refractivity contribution >= 4 is 23.5 Å². The highest BCUT2D eigenvalue weighted by atomic mass is 16.5. The van der Waals surface area contributed by atoms with Crippen LogP contribution in [0, 0.1) is 0 Å². The number of nitrogens with one attached hydrogen (secondary N) is 1. The number of hydrogen-bond acceptors (Lipinski definition) is 4. The van der Waals surface area contributed by atoms with Gasteiger partial charge in [0, 0.05) is 5.56 Å². The summed E-state index contributed by atoms with van der Waals surface area (Å²) < 4.78 is 11.1. The first-order valence-electron chi connectivity index (χ1n) is 7.37. The summed E-state index contributed by atoms with van der Waals surface area (Å²) in [5.74, 6) is 0.333. The van der Waals surface area contributed by atoms with Gasteiger partial charge >= 0.3 is 0 Å². The quantitative estimate of drug-likeness (QED) is 0.352. The van der Waals surface area contributed by atoms with Gasteiger partial charge in [-0.15, -0.1) is 0 Å². The SMILES string of the molecule is CCOc1c(NC(=O)c2ccccc2)ccc(N)c1OCC=[N+]=[N-]. The highest BCUT2D eigenvalue weighted by Gasteiger charge is 2.17. The predicted molar refractivity (Wildman–Crippen MR) is 91.6 cm³/mol. The van der Waals surface area contributed by atoms with E-state index in [1.54, 1.807) is 36.4 Å². The Balaban J connectivity index is 2.32. The van der Waals surface area contributed by atoms with Crippen molar-refractivity contribution in [2.45, 2.75) is 6.92 Å². The summed E-state index contributed by atoms with van der Waals surface area (Å²) in [7, 11) is 0. The molecule has 2 rings (SSSR count). The zero-order valence-corrected chi connectivity index (χ0v) is 13.2. The van der Waals surface area contributed by atoms with Crippen molar-refractivity contribution in [1.82, 2.24) is 0 Å². The monoisotopic (exact) mass is 326 g/mol. The summed E-state index contributed by atoms with van der Waals surface area (Å²) in [5, 5.41) is 2.79. The van der Waals surface area contributed by atoms with Crippen LogP contribution in [0.15, 0.2) is 42.5 Å². The number of hydrogen-bond donors (Lipinski definition) is 2. The molecule has 0 unspecified atom stereocenters. The van der Waals surface area contributed by atoms with Crippen LogP contribution in [0.25, 0.3) is 5.53 Å². The van der Waals surface area contributed by atoms with E-state index in [1.807, 2.05) is 13.0 Å². The number of nitrogens with zero attached hydrogens (tertiary/aromatic N) is 2. The third-order valence-electron chi connectivity index (χ3n) is 3.10. The minimum absolute atomic E-state index is 0.0108. The zero-order valence-electron chi connectivity index (χ0n) is 13.2. The molecular weight excluding hydrogens is 308 g/mol. The van der Waals surface area contributed by atoms with Gasteiger partial charge in [0.25, 0.3) is 12.1 Å². The fraction of sp³-hybridized carbons (Fsp3) is 0.176. The topological polar surface area (TPSA) is 110 Å². The number of nitrogen functional groups attached to an aromatic ring is 1. The Morgan fingerprint density at radius 1 is 1.21 bits per heavy atom. The molecule has 24 heavy (non-hydrogen) atoms. The molecule has 0 aromatic heterocycles. The molecule has 0 aliphatic heterocycles. The van der Waals surface area contributed by atoms with Crippen molar-refractivity contribution in [3.05, 3.63) is 53.6 Å². The standard InChI is InChI=1S/C17H18N4O3/c1-2-23-16-14(21-17(22)12-6-4-3-5-7-12)9-8-13(18)15(16)24-11-10-20-19/h3-10H,2,11,18H2,1H3,(H,21,22). The van der Waals surface area contributed by atoms with E-state index in [-0.39, 0.29) is 18.3 Å². The van der Waals surface area contributed by atoms with Gasteiger partial charge in [-0.1, -0.05) is 18.2 Å². The first kappa shape index (κ1) is 17.1. The number of benzene rings is 2. The molecule has 0 bridgehead atoms. The smallest absolute Gasteiger partial charge is 0.294 e. The highest BCUT2D eigenvalue weighted by molar-refractivity contribution is 6.05. The second-order valence-corrected chi connectivity index (χ2v) is 4.72. The molecule has 0 saturated heterocycles. The Morgan fingerprint density at radius 3 is 2.62 bits per heavy atom. The molecule has 0 aliphatic carbocycles. The van der Waals surface area contributed by atoms with E-state index in [1.165, 1.54) is 6.21 Å². The van der Waals surface area contributed by atoms with E-state index < -0.39 is 0 Å². The molecule has 0 radical (unpaired) electrons. The van der Waals surface area contributed by atoms with Gasteiger partial charge in [0.15, 0.2) is 18.1 Å². The lowest BCUT2D eigenvalue weighted by molar-refractivity contribution is -0.00200. The molecule has 0 spiro atoms. The fourth-order valence-corrected chi connectivity index (χ4v) is 2.05. The first-order chi connectivity index (χ1) is 11.7.